The summed E-state index contributed by atoms with van der Waals surface area (Å²) in [6.07, 6.45) is 17.4. The van der Waals surface area contributed by atoms with Crippen molar-refractivity contribution in [1.29, 1.82) is 0 Å². The van der Waals surface area contributed by atoms with Crippen molar-refractivity contribution in [2.75, 3.05) is 46.8 Å². The quantitative estimate of drug-likeness (QED) is 0.130. The summed E-state index contributed by atoms with van der Waals surface area (Å²) in [5, 5.41) is 0.233. The number of aromatic nitrogens is 8. The first kappa shape index (κ1) is 45.6. The molecule has 0 spiro atoms. The zero-order chi connectivity index (χ0) is 45.8. The third-order valence-electron chi connectivity index (χ3n) is 12.2. The number of imidazole rings is 2. The lowest BCUT2D eigenvalue weighted by molar-refractivity contribution is -0.125. The van der Waals surface area contributed by atoms with E-state index in [0.29, 0.717) is 11.6 Å². The van der Waals surface area contributed by atoms with Gasteiger partial charge in [-0.3, -0.25) is 9.59 Å². The van der Waals surface area contributed by atoms with Crippen LogP contribution in [0.2, 0.25) is 5.28 Å². The molecule has 8 heterocycles. The molecule has 2 saturated heterocycles. The maximum atomic E-state index is 13.1. The van der Waals surface area contributed by atoms with E-state index >= 15 is 0 Å². The lowest BCUT2D eigenvalue weighted by Crippen LogP contribution is -2.64. The number of hydrogen-bond acceptors (Lipinski definition) is 10. The molecule has 19 heteroatoms. The van der Waals surface area contributed by atoms with E-state index in [9.17, 15) is 27.2 Å². The number of H-pyrrole nitrogens is 2. The van der Waals surface area contributed by atoms with Crippen LogP contribution in [0.15, 0.2) is 73.6 Å². The number of benzene rings is 2. The number of nitrogens with one attached hydrogen (secondary N) is 2. The highest BCUT2D eigenvalue weighted by molar-refractivity contribution is 6.28. The van der Waals surface area contributed by atoms with E-state index in [1.165, 1.54) is 36.7 Å². The molecular formula is C45H49ClF4N12O2. The van der Waals surface area contributed by atoms with E-state index in [1.807, 2.05) is 14.0 Å². The molecule has 2 amide bonds. The molecular weight excluding hydrogens is 852 g/mol. The van der Waals surface area contributed by atoms with Gasteiger partial charge in [0.25, 0.3) is 11.8 Å². The van der Waals surface area contributed by atoms with E-state index in [4.69, 9.17) is 11.6 Å². The average Bonchev–Trinajstić information content (AvgIpc) is 4.04. The molecule has 0 saturated carbocycles. The summed E-state index contributed by atoms with van der Waals surface area (Å²) < 4.78 is 51.3. The molecule has 6 aromatic rings. The van der Waals surface area contributed by atoms with Gasteiger partial charge in [0.2, 0.25) is 5.28 Å². The maximum Gasteiger partial charge on any atom is 0.252 e. The van der Waals surface area contributed by atoms with Crippen LogP contribution >= 0.6 is 11.6 Å². The minimum Gasteiger partial charge on any atom is -0.345 e. The largest absolute Gasteiger partial charge is 0.345 e. The van der Waals surface area contributed by atoms with E-state index in [0.717, 1.165) is 105 Å². The van der Waals surface area contributed by atoms with Gasteiger partial charge in [0.05, 0.1) is 23.5 Å². The first-order valence-electron chi connectivity index (χ1n) is 21.1. The Morgan fingerprint density at radius 1 is 0.656 bits per heavy atom. The second-order valence-electron chi connectivity index (χ2n) is 15.8. The molecule has 64 heavy (non-hydrogen) atoms. The topological polar surface area (TPSA) is 156 Å². The summed E-state index contributed by atoms with van der Waals surface area (Å²) in [6, 6.07) is 6.75. The fourth-order valence-electron chi connectivity index (χ4n) is 8.87. The Balaban J connectivity index is 0.000000130. The van der Waals surface area contributed by atoms with Crippen LogP contribution in [-0.4, -0.2) is 89.9 Å². The molecule has 14 nitrogen and oxygen atoms in total. The summed E-state index contributed by atoms with van der Waals surface area (Å²) >= 11 is 5.93. The highest BCUT2D eigenvalue weighted by atomic mass is 35.5. The number of aromatic amines is 2. The van der Waals surface area contributed by atoms with Crippen LogP contribution < -0.4 is 19.6 Å². The monoisotopic (exact) mass is 900 g/mol. The van der Waals surface area contributed by atoms with Crippen molar-refractivity contribution in [2.24, 2.45) is 0 Å². The molecule has 2 aromatic carbocycles. The minimum atomic E-state index is -0.616. The molecule has 0 aliphatic carbocycles. The second kappa shape index (κ2) is 19.1. The van der Waals surface area contributed by atoms with Gasteiger partial charge in [-0.25, -0.2) is 42.5 Å². The van der Waals surface area contributed by atoms with Gasteiger partial charge in [-0.15, -0.1) is 0 Å². The first-order valence-corrected chi connectivity index (χ1v) is 21.5. The van der Waals surface area contributed by atoms with Gasteiger partial charge in [0.1, 0.15) is 63.2 Å². The Morgan fingerprint density at radius 2 is 1.11 bits per heavy atom. The van der Waals surface area contributed by atoms with Crippen molar-refractivity contribution < 1.29 is 27.2 Å². The van der Waals surface area contributed by atoms with Crippen molar-refractivity contribution >= 4 is 46.4 Å². The number of halogens is 5. The predicted octanol–water partition coefficient (Wildman–Crippen LogP) is 8.86. The Morgan fingerprint density at radius 3 is 1.53 bits per heavy atom. The fraction of sp³-hybridized carbons (Fsp3) is 0.378. The normalized spacial score (nSPS) is 19.7. The summed E-state index contributed by atoms with van der Waals surface area (Å²) in [5.74, 6) is 1.21. The summed E-state index contributed by atoms with van der Waals surface area (Å²) in [4.78, 5) is 63.7. The average molecular weight is 901 g/mol. The van der Waals surface area contributed by atoms with Crippen molar-refractivity contribution in [3.05, 3.63) is 108 Å². The molecule has 2 unspecified atom stereocenters. The zero-order valence-corrected chi connectivity index (χ0v) is 36.9. The minimum absolute atomic E-state index is 0.146. The highest BCUT2D eigenvalue weighted by Gasteiger charge is 2.52. The van der Waals surface area contributed by atoms with Crippen molar-refractivity contribution in [2.45, 2.75) is 83.2 Å². The van der Waals surface area contributed by atoms with Crippen LogP contribution in [0.4, 0.5) is 40.6 Å². The number of carbonyl (C=O) groups excluding carboxylic acids is 2. The van der Waals surface area contributed by atoms with Gasteiger partial charge in [0, 0.05) is 64.1 Å². The zero-order valence-electron chi connectivity index (χ0n) is 36.2. The number of anilines is 4. The molecule has 4 aliphatic heterocycles. The smallest absolute Gasteiger partial charge is 0.252 e. The SMILES string of the molecule is CCC12CCCCN1c1nc(C)ncc1N(C)C2=O.CCC12CCCCN1c1nc(Cl)ncc1N(C)C2=O.Fc1ccc(-c2ncc[nH]2)c(F)c1.Fc1ccc(-c2ncc[nH]2)c(F)c1. The molecule has 4 aromatic heterocycles. The van der Waals surface area contributed by atoms with Crippen molar-refractivity contribution in [3.63, 3.8) is 0 Å². The van der Waals surface area contributed by atoms with Gasteiger partial charge >= 0.3 is 0 Å². The van der Waals surface area contributed by atoms with Gasteiger partial charge in [-0.2, -0.15) is 4.98 Å². The lowest BCUT2D eigenvalue weighted by atomic mass is 9.81. The van der Waals surface area contributed by atoms with Gasteiger partial charge in [0.15, 0.2) is 11.6 Å². The van der Waals surface area contributed by atoms with E-state index in [-0.39, 0.29) is 33.8 Å². The Kier molecular flexibility index (Phi) is 13.6. The predicted molar refractivity (Wildman–Crippen MR) is 237 cm³/mol. The molecule has 4 aliphatic rings. The van der Waals surface area contributed by atoms with Crippen LogP contribution in [0.5, 0.6) is 0 Å². The fourth-order valence-corrected chi connectivity index (χ4v) is 9.00. The number of carbonyl (C=O) groups is 2. The van der Waals surface area contributed by atoms with Crippen LogP contribution in [0.1, 0.15) is 71.0 Å². The van der Waals surface area contributed by atoms with Gasteiger partial charge in [-0.1, -0.05) is 13.8 Å². The highest BCUT2D eigenvalue weighted by Crippen LogP contribution is 2.46. The van der Waals surface area contributed by atoms with Crippen molar-refractivity contribution in [3.8, 4) is 22.8 Å². The Bertz CT molecular complexity index is 2420. The number of fused-ring (bicyclic) bond motifs is 6. The number of nitrogens with zero attached hydrogens (tertiary/aromatic N) is 10. The molecule has 336 valence electrons. The van der Waals surface area contributed by atoms with E-state index in [1.54, 1.807) is 41.6 Å². The third-order valence-corrected chi connectivity index (χ3v) is 12.4. The molecule has 10 rings (SSSR count). The van der Waals surface area contributed by atoms with Crippen LogP contribution in [0.25, 0.3) is 22.8 Å². The lowest BCUT2D eigenvalue weighted by Gasteiger charge is -2.51. The maximum absolute atomic E-state index is 13.1. The van der Waals surface area contributed by atoms with Crippen molar-refractivity contribution in [1.82, 2.24) is 39.9 Å². The van der Waals surface area contributed by atoms with E-state index < -0.39 is 28.8 Å². The third kappa shape index (κ3) is 8.74. The number of amides is 2. The summed E-state index contributed by atoms with van der Waals surface area (Å²) in [6.45, 7) is 7.83. The number of piperidine rings is 2. The molecule has 0 radical (unpaired) electrons. The number of rotatable bonds is 4. The summed E-state index contributed by atoms with van der Waals surface area (Å²) in [7, 11) is 3.63. The standard InChI is InChI=1S/C14H20N4O.C13H17ClN4O.2C9H6F2N2/c1-4-14-7-5-6-8-18(14)12-11(17(3)13(14)19)9-15-10(2)16-12;1-3-13-6-4-5-7-18(13)10-9(17(2)11(13)19)8-15-12(14)16-10;2*10-6-1-2-7(8(11)5-6)9-12-3-4-13-9/h9H,4-8H2,1-3H3;8H,3-7H2,1-2H3;2*1-5H,(H,12,13). The van der Waals surface area contributed by atoms with E-state index in [2.05, 4.69) is 63.5 Å². The molecule has 0 bridgehead atoms. The van der Waals surface area contributed by atoms with Gasteiger partial charge < -0.3 is 29.6 Å². The molecule has 2 N–H and O–H groups in total. The van der Waals surface area contributed by atoms with Crippen LogP contribution in [0.3, 0.4) is 0 Å². The van der Waals surface area contributed by atoms with Gasteiger partial charge in [-0.05, 0) is 94.2 Å². The molecule has 2 atom stereocenters. The summed E-state index contributed by atoms with van der Waals surface area (Å²) in [5.41, 5.74) is 1.29. The second-order valence-corrected chi connectivity index (χ2v) is 16.2. The Labute approximate surface area is 373 Å². The van der Waals surface area contributed by atoms with Crippen LogP contribution in [-0.2, 0) is 9.59 Å². The number of hydrogen-bond donors (Lipinski definition) is 2. The number of likely N-dealkylation sites (N-methyl/N-ethyl adjacent to an activating group) is 2. The van der Waals surface area contributed by atoms with Crippen LogP contribution in [0, 0.1) is 30.2 Å². The molecule has 2 fully saturated rings. The number of aryl methyl sites for hydroxylation is 1. The first-order chi connectivity index (χ1) is 30.7. The Hall–Kier alpha value is -6.43.